The summed E-state index contributed by atoms with van der Waals surface area (Å²) in [6.07, 6.45) is 2.06. The van der Waals surface area contributed by atoms with Crippen LogP contribution in [0.3, 0.4) is 0 Å². The molecule has 0 N–H and O–H groups in total. The minimum atomic E-state index is -0.770. The van der Waals surface area contributed by atoms with Crippen molar-refractivity contribution in [3.8, 4) is 0 Å². The molecular formula is C13H16F2O. The topological polar surface area (TPSA) is 17.1 Å². The monoisotopic (exact) mass is 226 g/mol. The van der Waals surface area contributed by atoms with Gasteiger partial charge in [-0.2, -0.15) is 0 Å². The number of hydrogen-bond acceptors (Lipinski definition) is 1. The Morgan fingerprint density at radius 2 is 1.88 bits per heavy atom. The maximum absolute atomic E-state index is 13.3. The van der Waals surface area contributed by atoms with Gasteiger partial charge < -0.3 is 0 Å². The van der Waals surface area contributed by atoms with E-state index in [4.69, 9.17) is 0 Å². The highest BCUT2D eigenvalue weighted by atomic mass is 19.1. The first-order valence-corrected chi connectivity index (χ1v) is 5.53. The average Bonchev–Trinajstić information content (AvgIpc) is 2.17. The zero-order chi connectivity index (χ0) is 12.1. The van der Waals surface area contributed by atoms with Crippen molar-refractivity contribution in [2.24, 2.45) is 5.92 Å². The molecule has 1 rings (SSSR count). The fourth-order valence-corrected chi connectivity index (χ4v) is 1.78. The lowest BCUT2D eigenvalue weighted by Crippen LogP contribution is -2.10. The number of Topliss-reactive ketones (excluding diaryl/α,β-unsaturated/α-hetero) is 1. The van der Waals surface area contributed by atoms with Crippen LogP contribution >= 0.6 is 0 Å². The van der Waals surface area contributed by atoms with Crippen molar-refractivity contribution in [3.63, 3.8) is 0 Å². The first-order valence-electron chi connectivity index (χ1n) is 5.53. The van der Waals surface area contributed by atoms with Gasteiger partial charge in [0.25, 0.3) is 0 Å². The fourth-order valence-electron chi connectivity index (χ4n) is 1.78. The molecular weight excluding hydrogens is 210 g/mol. The Balaban J connectivity index is 2.80. The third kappa shape index (κ3) is 3.12. The molecule has 0 aliphatic rings. The third-order valence-corrected chi connectivity index (χ3v) is 2.56. The van der Waals surface area contributed by atoms with Crippen molar-refractivity contribution in [1.82, 2.24) is 0 Å². The van der Waals surface area contributed by atoms with Gasteiger partial charge in [0.05, 0.1) is 5.56 Å². The number of halogens is 2. The highest BCUT2D eigenvalue weighted by Gasteiger charge is 2.18. The van der Waals surface area contributed by atoms with Crippen LogP contribution in [0.4, 0.5) is 8.78 Å². The fraction of sp³-hybridized carbons (Fsp3) is 0.462. The quantitative estimate of drug-likeness (QED) is 0.694. The Morgan fingerprint density at radius 1 is 1.31 bits per heavy atom. The maximum atomic E-state index is 13.3. The summed E-state index contributed by atoms with van der Waals surface area (Å²) in [5.41, 5.74) is -0.398. The first-order chi connectivity index (χ1) is 7.56. The molecule has 0 saturated carbocycles. The lowest BCUT2D eigenvalue weighted by Gasteiger charge is -2.09. The van der Waals surface area contributed by atoms with Crippen molar-refractivity contribution in [3.05, 3.63) is 35.4 Å². The second kappa shape index (κ2) is 5.73. The van der Waals surface area contributed by atoms with Crippen LogP contribution in [0.25, 0.3) is 0 Å². The summed E-state index contributed by atoms with van der Waals surface area (Å²) in [5, 5.41) is 0. The largest absolute Gasteiger partial charge is 0.294 e. The molecule has 0 aromatic heterocycles. The van der Waals surface area contributed by atoms with E-state index in [0.29, 0.717) is 0 Å². The Labute approximate surface area is 94.5 Å². The number of rotatable bonds is 5. The van der Waals surface area contributed by atoms with Crippen LogP contribution in [0.5, 0.6) is 0 Å². The first kappa shape index (κ1) is 12.8. The van der Waals surface area contributed by atoms with Gasteiger partial charge in [0.15, 0.2) is 5.78 Å². The predicted octanol–water partition coefficient (Wildman–Crippen LogP) is 3.97. The standard InChI is InChI=1S/C13H16F2O/c1-3-5-9(2)8-12(16)13-10(14)6-4-7-11(13)15/h4,6-7,9H,3,5,8H2,1-2H3. The summed E-state index contributed by atoms with van der Waals surface area (Å²) < 4.78 is 26.6. The van der Waals surface area contributed by atoms with E-state index in [9.17, 15) is 13.6 Å². The van der Waals surface area contributed by atoms with Crippen molar-refractivity contribution >= 4 is 5.78 Å². The highest BCUT2D eigenvalue weighted by molar-refractivity contribution is 5.96. The maximum Gasteiger partial charge on any atom is 0.169 e. The molecule has 1 atom stereocenters. The molecule has 0 aliphatic carbocycles. The summed E-state index contributed by atoms with van der Waals surface area (Å²) in [5.74, 6) is -1.82. The molecule has 1 unspecified atom stereocenters. The number of ketones is 1. The molecule has 0 fully saturated rings. The molecule has 0 amide bonds. The van der Waals surface area contributed by atoms with E-state index >= 15 is 0 Å². The van der Waals surface area contributed by atoms with Crippen LogP contribution < -0.4 is 0 Å². The number of benzene rings is 1. The smallest absolute Gasteiger partial charge is 0.169 e. The van der Waals surface area contributed by atoms with E-state index in [-0.39, 0.29) is 12.3 Å². The van der Waals surface area contributed by atoms with E-state index in [1.54, 1.807) is 0 Å². The summed E-state index contributed by atoms with van der Waals surface area (Å²) in [6.45, 7) is 3.94. The van der Waals surface area contributed by atoms with Crippen LogP contribution in [-0.4, -0.2) is 5.78 Å². The molecule has 1 aromatic rings. The minimum Gasteiger partial charge on any atom is -0.294 e. The van der Waals surface area contributed by atoms with Crippen LogP contribution in [0.1, 0.15) is 43.5 Å². The normalized spacial score (nSPS) is 12.5. The zero-order valence-electron chi connectivity index (χ0n) is 9.59. The molecule has 0 heterocycles. The molecule has 16 heavy (non-hydrogen) atoms. The molecule has 1 nitrogen and oxygen atoms in total. The molecule has 0 spiro atoms. The molecule has 1 aromatic carbocycles. The molecule has 0 saturated heterocycles. The summed E-state index contributed by atoms with van der Waals surface area (Å²) in [7, 11) is 0. The van der Waals surface area contributed by atoms with E-state index in [1.807, 2.05) is 13.8 Å². The van der Waals surface area contributed by atoms with E-state index in [0.717, 1.165) is 25.0 Å². The van der Waals surface area contributed by atoms with Gasteiger partial charge in [0.1, 0.15) is 11.6 Å². The van der Waals surface area contributed by atoms with E-state index in [1.165, 1.54) is 6.07 Å². The number of carbonyl (C=O) groups excluding carboxylic acids is 1. The SMILES string of the molecule is CCCC(C)CC(=O)c1c(F)cccc1F. The Morgan fingerprint density at radius 3 is 2.38 bits per heavy atom. The molecule has 0 bridgehead atoms. The highest BCUT2D eigenvalue weighted by Crippen LogP contribution is 2.18. The van der Waals surface area contributed by atoms with Gasteiger partial charge in [-0.15, -0.1) is 0 Å². The van der Waals surface area contributed by atoms with E-state index < -0.39 is 23.0 Å². The van der Waals surface area contributed by atoms with Crippen LogP contribution in [-0.2, 0) is 0 Å². The van der Waals surface area contributed by atoms with E-state index in [2.05, 4.69) is 0 Å². The second-order valence-electron chi connectivity index (χ2n) is 4.12. The van der Waals surface area contributed by atoms with Crippen molar-refractivity contribution in [2.75, 3.05) is 0 Å². The molecule has 0 aliphatic heterocycles. The summed E-state index contributed by atoms with van der Waals surface area (Å²) >= 11 is 0. The Hall–Kier alpha value is -1.25. The molecule has 3 heteroatoms. The predicted molar refractivity (Wildman–Crippen MR) is 59.4 cm³/mol. The van der Waals surface area contributed by atoms with Gasteiger partial charge in [0, 0.05) is 6.42 Å². The van der Waals surface area contributed by atoms with Crippen LogP contribution in [0, 0.1) is 17.6 Å². The van der Waals surface area contributed by atoms with Gasteiger partial charge >= 0.3 is 0 Å². The average molecular weight is 226 g/mol. The van der Waals surface area contributed by atoms with Crippen LogP contribution in [0.15, 0.2) is 18.2 Å². The van der Waals surface area contributed by atoms with Gasteiger partial charge in [0.2, 0.25) is 0 Å². The lowest BCUT2D eigenvalue weighted by atomic mass is 9.96. The summed E-state index contributed by atoms with van der Waals surface area (Å²) in [6, 6.07) is 3.48. The Bertz CT molecular complexity index is 354. The molecule has 0 radical (unpaired) electrons. The van der Waals surface area contributed by atoms with Crippen molar-refractivity contribution in [2.45, 2.75) is 33.1 Å². The van der Waals surface area contributed by atoms with Gasteiger partial charge in [-0.3, -0.25) is 4.79 Å². The third-order valence-electron chi connectivity index (χ3n) is 2.56. The zero-order valence-corrected chi connectivity index (χ0v) is 9.59. The van der Waals surface area contributed by atoms with Gasteiger partial charge in [-0.05, 0) is 18.1 Å². The lowest BCUT2D eigenvalue weighted by molar-refractivity contribution is 0.0954. The Kier molecular flexibility index (Phi) is 4.59. The minimum absolute atomic E-state index is 0.163. The van der Waals surface area contributed by atoms with Crippen molar-refractivity contribution in [1.29, 1.82) is 0 Å². The van der Waals surface area contributed by atoms with Crippen molar-refractivity contribution < 1.29 is 13.6 Å². The van der Waals surface area contributed by atoms with Gasteiger partial charge in [-0.25, -0.2) is 8.78 Å². The number of carbonyl (C=O) groups is 1. The molecule has 88 valence electrons. The summed E-state index contributed by atoms with van der Waals surface area (Å²) in [4.78, 5) is 11.7. The number of hydrogen-bond donors (Lipinski definition) is 0. The van der Waals surface area contributed by atoms with Gasteiger partial charge in [-0.1, -0.05) is 32.8 Å². The van der Waals surface area contributed by atoms with Crippen LogP contribution in [0.2, 0.25) is 0 Å². The second-order valence-corrected chi connectivity index (χ2v) is 4.12.